The van der Waals surface area contributed by atoms with E-state index in [0.29, 0.717) is 12.8 Å². The monoisotopic (exact) mass is 842 g/mol. The second-order valence-electron chi connectivity index (χ2n) is 18.3. The van der Waals surface area contributed by atoms with Crippen LogP contribution >= 0.6 is 0 Å². The summed E-state index contributed by atoms with van der Waals surface area (Å²) in [5.41, 5.74) is 0. The van der Waals surface area contributed by atoms with Crippen molar-refractivity contribution in [2.75, 3.05) is 13.2 Å². The highest BCUT2D eigenvalue weighted by molar-refractivity contribution is 5.76. The summed E-state index contributed by atoms with van der Waals surface area (Å²) >= 11 is 0. The number of aliphatic hydroxyl groups excluding tert-OH is 5. The average molecular weight is 842 g/mol. The molecule has 0 saturated carbocycles. The van der Waals surface area contributed by atoms with Gasteiger partial charge in [-0.2, -0.15) is 0 Å². The van der Waals surface area contributed by atoms with Gasteiger partial charge in [-0.25, -0.2) is 0 Å². The number of hydrogen-bond acceptors (Lipinski definition) is 8. The Balaban J connectivity index is 2.18. The van der Waals surface area contributed by atoms with Gasteiger partial charge in [0.05, 0.1) is 25.4 Å². The number of amides is 1. The Morgan fingerprint density at radius 3 is 1.20 bits per heavy atom. The number of ether oxygens (including phenoxy) is 2. The van der Waals surface area contributed by atoms with Gasteiger partial charge in [0.2, 0.25) is 5.91 Å². The number of aliphatic hydroxyl groups is 5. The number of carbonyl (C=O) groups excluding carboxylic acids is 1. The molecule has 1 aliphatic heterocycles. The van der Waals surface area contributed by atoms with E-state index in [1.54, 1.807) is 0 Å². The number of carbonyl (C=O) groups is 1. The van der Waals surface area contributed by atoms with Crippen molar-refractivity contribution in [2.45, 2.75) is 301 Å². The molecule has 1 rings (SSSR count). The zero-order chi connectivity index (χ0) is 43.0. The molecule has 1 heterocycles. The highest BCUT2D eigenvalue weighted by Crippen LogP contribution is 2.23. The topological polar surface area (TPSA) is 149 Å². The Morgan fingerprint density at radius 2 is 0.847 bits per heavy atom. The molecule has 9 heteroatoms. The summed E-state index contributed by atoms with van der Waals surface area (Å²) in [6.07, 6.45) is 39.9. The van der Waals surface area contributed by atoms with Gasteiger partial charge in [-0.05, 0) is 12.8 Å². The number of nitrogens with one attached hydrogen (secondary N) is 1. The first-order chi connectivity index (χ1) is 28.8. The fraction of sp³-hybridized carbons (Fsp3) is 0.980. The van der Waals surface area contributed by atoms with E-state index >= 15 is 0 Å². The largest absolute Gasteiger partial charge is 0.394 e. The van der Waals surface area contributed by atoms with Crippen molar-refractivity contribution < 1.29 is 39.8 Å². The number of hydrogen-bond donors (Lipinski definition) is 6. The van der Waals surface area contributed by atoms with Crippen molar-refractivity contribution in [1.29, 1.82) is 0 Å². The molecular weight excluding hydrogens is 743 g/mol. The van der Waals surface area contributed by atoms with Crippen LogP contribution in [0, 0.1) is 0 Å². The second-order valence-corrected chi connectivity index (χ2v) is 18.3. The molecule has 6 N–H and O–H groups in total. The summed E-state index contributed by atoms with van der Waals surface area (Å²) in [7, 11) is 0. The summed E-state index contributed by atoms with van der Waals surface area (Å²) in [5, 5.41) is 54.4. The lowest BCUT2D eigenvalue weighted by Crippen LogP contribution is -2.60. The van der Waals surface area contributed by atoms with E-state index < -0.39 is 49.5 Å². The minimum Gasteiger partial charge on any atom is -0.394 e. The van der Waals surface area contributed by atoms with Crippen LogP contribution in [0.5, 0.6) is 0 Å². The summed E-state index contributed by atoms with van der Waals surface area (Å²) in [4.78, 5) is 13.0. The van der Waals surface area contributed by atoms with Crippen molar-refractivity contribution in [3.05, 3.63) is 0 Å². The van der Waals surface area contributed by atoms with E-state index in [9.17, 15) is 30.3 Å². The molecule has 0 bridgehead atoms. The third-order valence-corrected chi connectivity index (χ3v) is 12.7. The third kappa shape index (κ3) is 31.6. The molecule has 1 amide bonds. The Hall–Kier alpha value is -0.810. The molecule has 0 aromatic carbocycles. The Bertz CT molecular complexity index is 893. The van der Waals surface area contributed by atoms with Gasteiger partial charge < -0.3 is 40.3 Å². The van der Waals surface area contributed by atoms with Gasteiger partial charge in [-0.3, -0.25) is 4.79 Å². The fourth-order valence-corrected chi connectivity index (χ4v) is 8.58. The predicted octanol–water partition coefficient (Wildman–Crippen LogP) is 11.5. The first-order valence-corrected chi connectivity index (χ1v) is 25.7. The Labute approximate surface area is 364 Å². The predicted molar refractivity (Wildman–Crippen MR) is 244 cm³/mol. The molecule has 59 heavy (non-hydrogen) atoms. The van der Waals surface area contributed by atoms with E-state index in [0.717, 1.165) is 38.5 Å². The van der Waals surface area contributed by atoms with E-state index in [1.807, 2.05) is 0 Å². The molecule has 7 unspecified atom stereocenters. The standard InChI is InChI=1S/C50H99NO8/c1-3-5-7-9-11-13-15-16-17-18-19-20-21-22-23-24-25-26-27-28-30-31-33-35-37-39-44(53)43(42-58-50-49(57)48(56)47(55)45(41-52)59-50)51-46(54)40-38-36-34-32-29-14-12-10-8-6-4-2/h43-45,47-50,52-53,55-57H,3-42H2,1-2H3,(H,51,54). The average Bonchev–Trinajstić information content (AvgIpc) is 3.23. The summed E-state index contributed by atoms with van der Waals surface area (Å²) < 4.78 is 11.3. The van der Waals surface area contributed by atoms with Gasteiger partial charge in [-0.15, -0.1) is 0 Å². The zero-order valence-corrected chi connectivity index (χ0v) is 38.8. The molecule has 352 valence electrons. The smallest absolute Gasteiger partial charge is 0.220 e. The van der Waals surface area contributed by atoms with Gasteiger partial charge >= 0.3 is 0 Å². The first kappa shape index (κ1) is 56.2. The van der Waals surface area contributed by atoms with Gasteiger partial charge in [0.1, 0.15) is 24.4 Å². The van der Waals surface area contributed by atoms with Crippen LogP contribution in [0.2, 0.25) is 0 Å². The SMILES string of the molecule is CCCCCCCCCCCCCCCCCCCCCCCCCCCC(O)C(COC1OC(CO)C(O)C(O)C1O)NC(=O)CCCCCCCCCCCCC. The van der Waals surface area contributed by atoms with Crippen molar-refractivity contribution in [1.82, 2.24) is 5.32 Å². The molecule has 0 spiro atoms. The fourth-order valence-electron chi connectivity index (χ4n) is 8.58. The molecule has 0 aliphatic carbocycles. The lowest BCUT2D eigenvalue weighted by molar-refractivity contribution is -0.302. The summed E-state index contributed by atoms with van der Waals surface area (Å²) in [5.74, 6) is -0.141. The lowest BCUT2D eigenvalue weighted by atomic mass is 9.99. The molecule has 9 nitrogen and oxygen atoms in total. The minimum absolute atomic E-state index is 0.132. The van der Waals surface area contributed by atoms with Crippen molar-refractivity contribution in [2.24, 2.45) is 0 Å². The normalized spacial score (nSPS) is 20.6. The van der Waals surface area contributed by atoms with Crippen molar-refractivity contribution in [3.63, 3.8) is 0 Å². The molecule has 1 fully saturated rings. The van der Waals surface area contributed by atoms with Crippen LogP contribution in [0.25, 0.3) is 0 Å². The number of unbranched alkanes of at least 4 members (excludes halogenated alkanes) is 34. The van der Waals surface area contributed by atoms with E-state index in [1.165, 1.54) is 193 Å². The van der Waals surface area contributed by atoms with Gasteiger partial charge in [0, 0.05) is 6.42 Å². The molecule has 1 aliphatic rings. The van der Waals surface area contributed by atoms with Crippen LogP contribution in [0.15, 0.2) is 0 Å². The maximum atomic E-state index is 13.0. The highest BCUT2D eigenvalue weighted by atomic mass is 16.7. The Kier molecular flexibility index (Phi) is 39.3. The van der Waals surface area contributed by atoms with Crippen LogP contribution in [0.4, 0.5) is 0 Å². The van der Waals surface area contributed by atoms with Gasteiger partial charge in [0.15, 0.2) is 6.29 Å². The zero-order valence-electron chi connectivity index (χ0n) is 38.8. The maximum absolute atomic E-state index is 13.0. The number of rotatable bonds is 44. The molecule has 1 saturated heterocycles. The van der Waals surface area contributed by atoms with Crippen LogP contribution in [0.3, 0.4) is 0 Å². The van der Waals surface area contributed by atoms with Gasteiger partial charge in [-0.1, -0.05) is 239 Å². The van der Waals surface area contributed by atoms with Crippen LogP contribution in [-0.2, 0) is 14.3 Å². The minimum atomic E-state index is -1.55. The van der Waals surface area contributed by atoms with E-state index in [2.05, 4.69) is 19.2 Å². The summed E-state index contributed by atoms with van der Waals surface area (Å²) in [6, 6.07) is -0.711. The van der Waals surface area contributed by atoms with Crippen LogP contribution in [0.1, 0.15) is 258 Å². The summed E-state index contributed by atoms with van der Waals surface area (Å²) in [6.45, 7) is 3.85. The maximum Gasteiger partial charge on any atom is 0.220 e. The van der Waals surface area contributed by atoms with Crippen molar-refractivity contribution >= 4 is 5.91 Å². The van der Waals surface area contributed by atoms with E-state index in [4.69, 9.17) is 9.47 Å². The molecule has 7 atom stereocenters. The highest BCUT2D eigenvalue weighted by Gasteiger charge is 2.44. The molecular formula is C50H99NO8. The second kappa shape index (κ2) is 41.2. The van der Waals surface area contributed by atoms with Crippen molar-refractivity contribution in [3.8, 4) is 0 Å². The molecule has 0 aromatic heterocycles. The van der Waals surface area contributed by atoms with Gasteiger partial charge in [0.25, 0.3) is 0 Å². The van der Waals surface area contributed by atoms with Crippen LogP contribution in [-0.4, -0.2) is 87.5 Å². The first-order valence-electron chi connectivity index (χ1n) is 25.7. The van der Waals surface area contributed by atoms with E-state index in [-0.39, 0.29) is 12.5 Å². The molecule has 0 aromatic rings. The third-order valence-electron chi connectivity index (χ3n) is 12.7. The quantitative estimate of drug-likeness (QED) is 0.0332. The Morgan fingerprint density at radius 1 is 0.508 bits per heavy atom. The molecule has 0 radical (unpaired) electrons. The van der Waals surface area contributed by atoms with Crippen LogP contribution < -0.4 is 5.32 Å². The lowest BCUT2D eigenvalue weighted by Gasteiger charge is -2.40.